The van der Waals surface area contributed by atoms with Gasteiger partial charge in [-0.05, 0) is 31.6 Å². The molecule has 2 atom stereocenters. The van der Waals surface area contributed by atoms with Crippen LogP contribution in [0, 0.1) is 17.8 Å². The minimum atomic E-state index is 0.351. The molecule has 18 heavy (non-hydrogen) atoms. The van der Waals surface area contributed by atoms with E-state index in [2.05, 4.69) is 22.9 Å². The molecule has 0 bridgehead atoms. The van der Waals surface area contributed by atoms with Crippen molar-refractivity contribution in [3.05, 3.63) is 0 Å². The SMILES string of the molecule is CCN(CCOCCBr)C(=O)C1C2CCCCC21. The second-order valence-electron chi connectivity index (χ2n) is 5.36. The van der Waals surface area contributed by atoms with Crippen molar-refractivity contribution in [3.63, 3.8) is 0 Å². The number of carbonyl (C=O) groups is 1. The fourth-order valence-electron chi connectivity index (χ4n) is 3.32. The van der Waals surface area contributed by atoms with Gasteiger partial charge in [0.2, 0.25) is 5.91 Å². The highest BCUT2D eigenvalue weighted by Gasteiger charge is 2.55. The van der Waals surface area contributed by atoms with Crippen LogP contribution in [0.2, 0.25) is 0 Å². The number of likely N-dealkylation sites (N-methyl/N-ethyl adjacent to an activating group) is 1. The van der Waals surface area contributed by atoms with Crippen LogP contribution >= 0.6 is 15.9 Å². The third kappa shape index (κ3) is 3.27. The Balaban J connectivity index is 1.75. The molecule has 0 radical (unpaired) electrons. The average Bonchev–Trinajstić information content (AvgIpc) is 3.12. The van der Waals surface area contributed by atoms with Gasteiger partial charge in [0.15, 0.2) is 0 Å². The molecule has 0 aromatic carbocycles. The van der Waals surface area contributed by atoms with E-state index < -0.39 is 0 Å². The van der Waals surface area contributed by atoms with Crippen LogP contribution in [0.5, 0.6) is 0 Å². The summed E-state index contributed by atoms with van der Waals surface area (Å²) < 4.78 is 5.44. The summed E-state index contributed by atoms with van der Waals surface area (Å²) in [5.74, 6) is 2.16. The van der Waals surface area contributed by atoms with E-state index in [1.807, 2.05) is 4.90 Å². The lowest BCUT2D eigenvalue weighted by Gasteiger charge is -2.21. The summed E-state index contributed by atoms with van der Waals surface area (Å²) >= 11 is 3.33. The Kier molecular flexibility index (Phi) is 5.49. The molecule has 104 valence electrons. The predicted octanol–water partition coefficient (Wildman–Crippen LogP) is 2.68. The topological polar surface area (TPSA) is 29.5 Å². The van der Waals surface area contributed by atoms with E-state index >= 15 is 0 Å². The molecular formula is C14H24BrNO2. The summed E-state index contributed by atoms with van der Waals surface area (Å²) in [5, 5.41) is 0.861. The molecule has 0 spiro atoms. The molecule has 0 heterocycles. The van der Waals surface area contributed by atoms with E-state index in [9.17, 15) is 4.79 Å². The fourth-order valence-corrected chi connectivity index (χ4v) is 3.55. The zero-order chi connectivity index (χ0) is 13.0. The van der Waals surface area contributed by atoms with Crippen LogP contribution in [0.4, 0.5) is 0 Å². The van der Waals surface area contributed by atoms with Gasteiger partial charge in [0.05, 0.1) is 13.2 Å². The van der Waals surface area contributed by atoms with Crippen molar-refractivity contribution >= 4 is 21.8 Å². The largest absolute Gasteiger partial charge is 0.379 e. The van der Waals surface area contributed by atoms with Gasteiger partial charge in [-0.2, -0.15) is 0 Å². The Bertz CT molecular complexity index is 273. The first-order chi connectivity index (χ1) is 8.79. The van der Waals surface area contributed by atoms with Crippen LogP contribution in [0.25, 0.3) is 0 Å². The first kappa shape index (κ1) is 14.3. The third-order valence-corrected chi connectivity index (χ3v) is 4.69. The van der Waals surface area contributed by atoms with Gasteiger partial charge >= 0.3 is 0 Å². The maximum Gasteiger partial charge on any atom is 0.226 e. The number of amides is 1. The van der Waals surface area contributed by atoms with Crippen molar-refractivity contribution in [2.75, 3.05) is 31.6 Å². The number of hydrogen-bond donors (Lipinski definition) is 0. The van der Waals surface area contributed by atoms with Crippen molar-refractivity contribution in [2.45, 2.75) is 32.6 Å². The average molecular weight is 318 g/mol. The molecule has 2 saturated carbocycles. The first-order valence-electron chi connectivity index (χ1n) is 7.22. The number of rotatable bonds is 7. The standard InChI is InChI=1S/C14H24BrNO2/c1-2-16(8-10-18-9-7-15)14(17)13-11-5-3-4-6-12(11)13/h11-13H,2-10H2,1H3. The van der Waals surface area contributed by atoms with Crippen LogP contribution in [-0.2, 0) is 9.53 Å². The van der Waals surface area contributed by atoms with Gasteiger partial charge in [0, 0.05) is 24.3 Å². The normalized spacial score (nSPS) is 29.8. The lowest BCUT2D eigenvalue weighted by molar-refractivity contribution is -0.133. The second kappa shape index (κ2) is 6.90. The summed E-state index contributed by atoms with van der Waals surface area (Å²) in [4.78, 5) is 14.4. The summed E-state index contributed by atoms with van der Waals surface area (Å²) in [6, 6.07) is 0. The number of halogens is 1. The van der Waals surface area contributed by atoms with E-state index in [1.54, 1.807) is 0 Å². The highest BCUT2D eigenvalue weighted by atomic mass is 79.9. The van der Waals surface area contributed by atoms with Gasteiger partial charge in [-0.15, -0.1) is 0 Å². The summed E-state index contributed by atoms with van der Waals surface area (Å²) in [6.07, 6.45) is 5.20. The highest BCUT2D eigenvalue weighted by Crippen LogP contribution is 2.56. The Labute approximate surface area is 118 Å². The van der Waals surface area contributed by atoms with Gasteiger partial charge in [-0.1, -0.05) is 28.8 Å². The number of hydrogen-bond acceptors (Lipinski definition) is 2. The number of alkyl halides is 1. The van der Waals surface area contributed by atoms with Crippen LogP contribution < -0.4 is 0 Å². The molecule has 0 aliphatic heterocycles. The molecule has 0 saturated heterocycles. The fraction of sp³-hybridized carbons (Fsp3) is 0.929. The van der Waals surface area contributed by atoms with Crippen molar-refractivity contribution in [1.29, 1.82) is 0 Å². The van der Waals surface area contributed by atoms with Crippen molar-refractivity contribution < 1.29 is 9.53 Å². The molecular weight excluding hydrogens is 294 g/mol. The zero-order valence-corrected chi connectivity index (χ0v) is 12.8. The molecule has 2 aliphatic carbocycles. The van der Waals surface area contributed by atoms with Crippen LogP contribution in [-0.4, -0.2) is 42.4 Å². The maximum absolute atomic E-state index is 12.4. The van der Waals surface area contributed by atoms with Gasteiger partial charge in [-0.3, -0.25) is 4.79 Å². The maximum atomic E-state index is 12.4. The van der Waals surface area contributed by atoms with Crippen LogP contribution in [0.15, 0.2) is 0 Å². The minimum Gasteiger partial charge on any atom is -0.379 e. The summed E-state index contributed by atoms with van der Waals surface area (Å²) in [7, 11) is 0. The Morgan fingerprint density at radius 1 is 1.28 bits per heavy atom. The molecule has 1 amide bonds. The van der Waals surface area contributed by atoms with E-state index in [-0.39, 0.29) is 0 Å². The molecule has 0 aromatic rings. The molecule has 0 N–H and O–H groups in total. The van der Waals surface area contributed by atoms with Crippen molar-refractivity contribution in [3.8, 4) is 0 Å². The van der Waals surface area contributed by atoms with E-state index in [0.29, 0.717) is 30.3 Å². The summed E-state index contributed by atoms with van der Waals surface area (Å²) in [5.41, 5.74) is 0. The highest BCUT2D eigenvalue weighted by molar-refractivity contribution is 9.09. The molecule has 2 unspecified atom stereocenters. The number of ether oxygens (including phenoxy) is 1. The van der Waals surface area contributed by atoms with Gasteiger partial charge < -0.3 is 9.64 Å². The van der Waals surface area contributed by atoms with E-state index in [4.69, 9.17) is 4.74 Å². The Hall–Kier alpha value is -0.0900. The van der Waals surface area contributed by atoms with Crippen molar-refractivity contribution in [2.24, 2.45) is 17.8 Å². The van der Waals surface area contributed by atoms with E-state index in [1.165, 1.54) is 25.7 Å². The first-order valence-corrected chi connectivity index (χ1v) is 8.34. The van der Waals surface area contributed by atoms with Crippen molar-refractivity contribution in [1.82, 2.24) is 4.90 Å². The lowest BCUT2D eigenvalue weighted by atomic mass is 10.0. The molecule has 3 nitrogen and oxygen atoms in total. The van der Waals surface area contributed by atoms with E-state index in [0.717, 1.165) is 25.0 Å². The number of fused-ring (bicyclic) bond motifs is 1. The third-order valence-electron chi connectivity index (χ3n) is 4.36. The number of nitrogens with zero attached hydrogens (tertiary/aromatic N) is 1. The monoisotopic (exact) mass is 317 g/mol. The quantitative estimate of drug-likeness (QED) is 0.533. The van der Waals surface area contributed by atoms with Crippen LogP contribution in [0.1, 0.15) is 32.6 Å². The Morgan fingerprint density at radius 3 is 2.50 bits per heavy atom. The minimum absolute atomic E-state index is 0.351. The van der Waals surface area contributed by atoms with Gasteiger partial charge in [0.25, 0.3) is 0 Å². The molecule has 2 fully saturated rings. The van der Waals surface area contributed by atoms with Gasteiger partial charge in [-0.25, -0.2) is 0 Å². The van der Waals surface area contributed by atoms with Crippen LogP contribution in [0.3, 0.4) is 0 Å². The lowest BCUT2D eigenvalue weighted by Crippen LogP contribution is -2.35. The summed E-state index contributed by atoms with van der Waals surface area (Å²) in [6.45, 7) is 5.01. The van der Waals surface area contributed by atoms with Gasteiger partial charge in [0.1, 0.15) is 0 Å². The molecule has 2 aliphatic rings. The predicted molar refractivity (Wildman–Crippen MR) is 75.8 cm³/mol. The number of carbonyl (C=O) groups excluding carboxylic acids is 1. The molecule has 0 aromatic heterocycles. The second-order valence-corrected chi connectivity index (χ2v) is 6.15. The smallest absolute Gasteiger partial charge is 0.226 e. The zero-order valence-electron chi connectivity index (χ0n) is 11.2. The molecule has 4 heteroatoms. The molecule has 2 rings (SSSR count). The Morgan fingerprint density at radius 2 is 1.94 bits per heavy atom.